The summed E-state index contributed by atoms with van der Waals surface area (Å²) in [5.41, 5.74) is 6.80. The van der Waals surface area contributed by atoms with Crippen LogP contribution in [0.2, 0.25) is 0 Å². The van der Waals surface area contributed by atoms with Crippen LogP contribution in [0.1, 0.15) is 12.5 Å². The van der Waals surface area contributed by atoms with E-state index in [4.69, 9.17) is 10.5 Å². The van der Waals surface area contributed by atoms with E-state index in [-0.39, 0.29) is 11.3 Å². The second-order valence-corrected chi connectivity index (χ2v) is 8.04. The maximum atomic E-state index is 11.3. The lowest BCUT2D eigenvalue weighted by molar-refractivity contribution is 0.153. The third kappa shape index (κ3) is 5.65. The van der Waals surface area contributed by atoms with Gasteiger partial charge in [-0.3, -0.25) is 4.90 Å². The Morgan fingerprint density at radius 2 is 1.86 bits per heavy atom. The van der Waals surface area contributed by atoms with E-state index in [0.29, 0.717) is 13.1 Å². The van der Waals surface area contributed by atoms with Gasteiger partial charge in [0, 0.05) is 24.9 Å². The van der Waals surface area contributed by atoms with E-state index in [9.17, 15) is 8.42 Å². The van der Waals surface area contributed by atoms with E-state index in [1.807, 2.05) is 36.2 Å². The molecule has 1 unspecified atom stereocenters. The van der Waals surface area contributed by atoms with Gasteiger partial charge < -0.3 is 10.5 Å². The maximum absolute atomic E-state index is 11.3. The number of nitrogens with two attached hydrogens (primary N) is 1. The molecule has 0 heterocycles. The van der Waals surface area contributed by atoms with Gasteiger partial charge in [0.1, 0.15) is 15.6 Å². The molecule has 0 aromatic heterocycles. The van der Waals surface area contributed by atoms with Gasteiger partial charge in [-0.25, -0.2) is 8.42 Å². The second-order valence-electron chi connectivity index (χ2n) is 5.78. The minimum absolute atomic E-state index is 0.141. The van der Waals surface area contributed by atoms with E-state index < -0.39 is 9.84 Å². The molecule has 1 aromatic carbocycles. The monoisotopic (exact) mass is 314 g/mol. The van der Waals surface area contributed by atoms with Crippen LogP contribution in [-0.4, -0.2) is 58.1 Å². The van der Waals surface area contributed by atoms with Gasteiger partial charge in [-0.15, -0.1) is 0 Å². The number of rotatable bonds is 8. The quantitative estimate of drug-likeness (QED) is 0.773. The average Bonchev–Trinajstić information content (AvgIpc) is 2.44. The normalized spacial score (nSPS) is 15.0. The summed E-state index contributed by atoms with van der Waals surface area (Å²) >= 11 is 0. The van der Waals surface area contributed by atoms with E-state index in [2.05, 4.69) is 6.92 Å². The van der Waals surface area contributed by atoms with Crippen molar-refractivity contribution in [2.75, 3.05) is 39.3 Å². The van der Waals surface area contributed by atoms with Crippen molar-refractivity contribution in [1.29, 1.82) is 0 Å². The fourth-order valence-electron chi connectivity index (χ4n) is 2.12. The van der Waals surface area contributed by atoms with Gasteiger partial charge in [0.15, 0.2) is 0 Å². The summed E-state index contributed by atoms with van der Waals surface area (Å²) < 4.78 is 27.8. The second kappa shape index (κ2) is 7.24. The lowest BCUT2D eigenvalue weighted by atomic mass is 9.91. The first-order chi connectivity index (χ1) is 9.70. The Morgan fingerprint density at radius 1 is 1.29 bits per heavy atom. The smallest absolute Gasteiger partial charge is 0.148 e. The number of nitrogens with zero attached hydrogens (tertiary/aromatic N) is 1. The number of likely N-dealkylation sites (N-methyl/N-ethyl adjacent to an activating group) is 1. The van der Waals surface area contributed by atoms with Gasteiger partial charge >= 0.3 is 0 Å². The highest BCUT2D eigenvalue weighted by atomic mass is 32.2. The van der Waals surface area contributed by atoms with E-state index in [1.54, 1.807) is 7.11 Å². The zero-order chi connectivity index (χ0) is 16.1. The van der Waals surface area contributed by atoms with Crippen LogP contribution in [0, 0.1) is 0 Å². The number of methoxy groups -OCH3 is 1. The molecule has 0 amide bonds. The van der Waals surface area contributed by atoms with Gasteiger partial charge in [-0.2, -0.15) is 0 Å². The maximum Gasteiger partial charge on any atom is 0.148 e. The molecule has 0 radical (unpaired) electrons. The zero-order valence-electron chi connectivity index (χ0n) is 13.3. The Morgan fingerprint density at radius 3 is 2.29 bits per heavy atom. The number of hydrogen-bond acceptors (Lipinski definition) is 5. The van der Waals surface area contributed by atoms with Crippen LogP contribution in [0.15, 0.2) is 24.3 Å². The number of ether oxygens (including phenoxy) is 1. The molecule has 6 heteroatoms. The SMILES string of the molecule is COc1ccc(CC(C)(CN)N(C)CCS(C)(=O)=O)cc1. The van der Waals surface area contributed by atoms with Crippen LogP contribution in [0.4, 0.5) is 0 Å². The van der Waals surface area contributed by atoms with Gasteiger partial charge in [0.25, 0.3) is 0 Å². The molecule has 0 bridgehead atoms. The molecule has 0 saturated carbocycles. The van der Waals surface area contributed by atoms with Crippen LogP contribution < -0.4 is 10.5 Å². The molecule has 1 atom stereocenters. The standard InChI is InChI=1S/C15H26N2O3S/c1-15(12-16,17(2)9-10-21(4,18)19)11-13-5-7-14(20-3)8-6-13/h5-8H,9-12,16H2,1-4H3. The summed E-state index contributed by atoms with van der Waals surface area (Å²) in [7, 11) is 0.587. The van der Waals surface area contributed by atoms with Crippen LogP contribution in [-0.2, 0) is 16.3 Å². The highest BCUT2D eigenvalue weighted by Gasteiger charge is 2.28. The molecule has 0 saturated heterocycles. The van der Waals surface area contributed by atoms with Crippen LogP contribution in [0.5, 0.6) is 5.75 Å². The summed E-state index contributed by atoms with van der Waals surface area (Å²) in [6, 6.07) is 7.86. The molecule has 0 aliphatic heterocycles. The van der Waals surface area contributed by atoms with Gasteiger partial charge in [0.05, 0.1) is 12.9 Å². The van der Waals surface area contributed by atoms with Gasteiger partial charge in [-0.05, 0) is 38.1 Å². The number of hydrogen-bond donors (Lipinski definition) is 1. The van der Waals surface area contributed by atoms with E-state index >= 15 is 0 Å². The highest BCUT2D eigenvalue weighted by Crippen LogP contribution is 2.20. The van der Waals surface area contributed by atoms with E-state index in [1.165, 1.54) is 6.26 Å². The molecular weight excluding hydrogens is 288 g/mol. The van der Waals surface area contributed by atoms with E-state index in [0.717, 1.165) is 17.7 Å². The molecule has 0 spiro atoms. The average molecular weight is 314 g/mol. The first kappa shape index (κ1) is 17.9. The summed E-state index contributed by atoms with van der Waals surface area (Å²) in [5, 5.41) is 0. The summed E-state index contributed by atoms with van der Waals surface area (Å²) in [5.74, 6) is 0.959. The molecule has 0 aliphatic carbocycles. The third-order valence-electron chi connectivity index (χ3n) is 3.90. The summed E-state index contributed by atoms with van der Waals surface area (Å²) in [6.45, 7) is 2.99. The van der Waals surface area contributed by atoms with Crippen molar-refractivity contribution in [3.63, 3.8) is 0 Å². The molecule has 120 valence electrons. The molecule has 1 aromatic rings. The van der Waals surface area contributed by atoms with Crippen molar-refractivity contribution >= 4 is 9.84 Å². The van der Waals surface area contributed by atoms with Crippen LogP contribution >= 0.6 is 0 Å². The van der Waals surface area contributed by atoms with Crippen molar-refractivity contribution in [3.05, 3.63) is 29.8 Å². The third-order valence-corrected chi connectivity index (χ3v) is 4.83. The first-order valence-electron chi connectivity index (χ1n) is 6.92. The Kier molecular flexibility index (Phi) is 6.19. The first-order valence-corrected chi connectivity index (χ1v) is 8.98. The topological polar surface area (TPSA) is 72.6 Å². The number of sulfone groups is 1. The molecule has 5 nitrogen and oxygen atoms in total. The predicted octanol–water partition coefficient (Wildman–Crippen LogP) is 0.932. The van der Waals surface area contributed by atoms with Gasteiger partial charge in [0.2, 0.25) is 0 Å². The zero-order valence-corrected chi connectivity index (χ0v) is 14.1. The van der Waals surface area contributed by atoms with Crippen LogP contribution in [0.25, 0.3) is 0 Å². The fourth-order valence-corrected chi connectivity index (χ4v) is 2.72. The summed E-state index contributed by atoms with van der Waals surface area (Å²) in [6.07, 6.45) is 2.01. The number of benzene rings is 1. The molecule has 1 rings (SSSR count). The van der Waals surface area contributed by atoms with Crippen molar-refractivity contribution in [2.24, 2.45) is 5.73 Å². The molecular formula is C15H26N2O3S. The Balaban J connectivity index is 2.77. The molecule has 21 heavy (non-hydrogen) atoms. The molecule has 0 fully saturated rings. The Labute approximate surface area is 128 Å². The minimum Gasteiger partial charge on any atom is -0.497 e. The van der Waals surface area contributed by atoms with Crippen molar-refractivity contribution < 1.29 is 13.2 Å². The van der Waals surface area contributed by atoms with Crippen molar-refractivity contribution in [1.82, 2.24) is 4.90 Å². The lowest BCUT2D eigenvalue weighted by Gasteiger charge is -2.38. The van der Waals surface area contributed by atoms with Gasteiger partial charge in [-0.1, -0.05) is 12.1 Å². The Hall–Kier alpha value is -1.11. The van der Waals surface area contributed by atoms with Crippen molar-refractivity contribution in [3.8, 4) is 5.75 Å². The summed E-state index contributed by atoms with van der Waals surface area (Å²) in [4.78, 5) is 2.03. The molecule has 0 aliphatic rings. The minimum atomic E-state index is -2.97. The van der Waals surface area contributed by atoms with Crippen molar-refractivity contribution in [2.45, 2.75) is 18.9 Å². The molecule has 2 N–H and O–H groups in total. The fraction of sp³-hybridized carbons (Fsp3) is 0.600. The largest absolute Gasteiger partial charge is 0.497 e. The van der Waals surface area contributed by atoms with Crippen LogP contribution in [0.3, 0.4) is 0 Å². The highest BCUT2D eigenvalue weighted by molar-refractivity contribution is 7.90. The Bertz CT molecular complexity index is 543. The lowest BCUT2D eigenvalue weighted by Crippen LogP contribution is -2.52. The predicted molar refractivity (Wildman–Crippen MR) is 86.5 cm³/mol.